The highest BCUT2D eigenvalue weighted by Crippen LogP contribution is 2.44. The minimum Gasteiger partial charge on any atom is -0.354 e. The van der Waals surface area contributed by atoms with Gasteiger partial charge in [0.05, 0.1) is 44.5 Å². The third-order valence-corrected chi connectivity index (χ3v) is 11.1. The molecule has 0 radical (unpaired) electrons. The molecule has 0 fully saturated rings. The molecule has 0 saturated carbocycles. The Kier molecular flexibility index (Phi) is 7.22. The van der Waals surface area contributed by atoms with E-state index in [9.17, 15) is 0 Å². The van der Waals surface area contributed by atoms with Gasteiger partial charge in [0.15, 0.2) is 0 Å². The average molecular weight is 639 g/mol. The number of hydrogen-bond donors (Lipinski definition) is 3. The third kappa shape index (κ3) is 4.62. The lowest BCUT2D eigenvalue weighted by atomic mass is 9.97. The van der Waals surface area contributed by atoms with Crippen molar-refractivity contribution >= 4 is 44.2 Å². The number of aromatic amines is 3. The zero-order chi connectivity index (χ0) is 34.1. The van der Waals surface area contributed by atoms with E-state index in [-0.39, 0.29) is 0 Å². The standard InChI is InChI=1S/C45H42N4/c1-24-26(3)40-36(33-20-14-10-15-21-33)42-28(5)30(7)44(48-42)45-31(8)29(6)43(49-45)37(34-22-16-11-17-23-34)41-27(4)25(2)39(47-41)35(38(24)46-40)32-18-12-9-13-19-32/h9-23,46-48H,1-8H3. The number of H-pyrrole nitrogens is 3. The Morgan fingerprint density at radius 2 is 0.612 bits per heavy atom. The smallest absolute Gasteiger partial charge is 0.0907 e. The molecule has 1 aliphatic heterocycles. The average Bonchev–Trinajstić information content (AvgIpc) is 3.78. The first-order chi connectivity index (χ1) is 23.7. The number of nitrogens with one attached hydrogen (secondary N) is 3. The van der Waals surface area contributed by atoms with Crippen LogP contribution in [-0.4, -0.2) is 19.9 Å². The van der Waals surface area contributed by atoms with E-state index in [2.05, 4.69) is 161 Å². The Labute approximate surface area is 288 Å². The quantitative estimate of drug-likeness (QED) is 0.177. The van der Waals surface area contributed by atoms with Crippen molar-refractivity contribution in [1.82, 2.24) is 19.9 Å². The van der Waals surface area contributed by atoms with Gasteiger partial charge in [0.25, 0.3) is 0 Å². The van der Waals surface area contributed by atoms with Gasteiger partial charge in [-0.3, -0.25) is 0 Å². The summed E-state index contributed by atoms with van der Waals surface area (Å²) in [6.45, 7) is 17.9. The molecule has 4 nitrogen and oxygen atoms in total. The highest BCUT2D eigenvalue weighted by molar-refractivity contribution is 6.07. The molecule has 0 amide bonds. The Balaban J connectivity index is 1.73. The van der Waals surface area contributed by atoms with Crippen LogP contribution in [0.3, 0.4) is 0 Å². The summed E-state index contributed by atoms with van der Waals surface area (Å²) in [5, 5.41) is 0. The van der Waals surface area contributed by atoms with Gasteiger partial charge in [-0.2, -0.15) is 0 Å². The number of nitrogens with zero attached hydrogens (tertiary/aromatic N) is 1. The largest absolute Gasteiger partial charge is 0.354 e. The van der Waals surface area contributed by atoms with E-state index in [0.29, 0.717) is 0 Å². The summed E-state index contributed by atoms with van der Waals surface area (Å²) in [7, 11) is 0. The maximum Gasteiger partial charge on any atom is 0.0907 e. The Bertz CT molecular complexity index is 2590. The minimum absolute atomic E-state index is 1.01. The summed E-state index contributed by atoms with van der Waals surface area (Å²) in [6.07, 6.45) is 0. The molecule has 7 aromatic rings. The van der Waals surface area contributed by atoms with Gasteiger partial charge in [0.1, 0.15) is 0 Å². The zero-order valence-corrected chi connectivity index (χ0v) is 29.6. The molecule has 0 spiro atoms. The molecule has 49 heavy (non-hydrogen) atoms. The van der Waals surface area contributed by atoms with Crippen LogP contribution in [0.1, 0.15) is 58.6 Å². The number of aromatic nitrogens is 4. The predicted octanol–water partition coefficient (Wildman–Crippen LogP) is 12.3. The van der Waals surface area contributed by atoms with Gasteiger partial charge in [-0.25, -0.2) is 4.98 Å². The second kappa shape index (κ2) is 11.5. The van der Waals surface area contributed by atoms with Gasteiger partial charge in [0, 0.05) is 16.7 Å². The molecule has 8 bridgehead atoms. The first kappa shape index (κ1) is 30.7. The summed E-state index contributed by atoms with van der Waals surface area (Å²) in [5.74, 6) is 0. The van der Waals surface area contributed by atoms with Crippen molar-refractivity contribution in [3.05, 3.63) is 136 Å². The monoisotopic (exact) mass is 638 g/mol. The van der Waals surface area contributed by atoms with Crippen LogP contribution in [-0.2, 0) is 0 Å². The summed E-state index contributed by atoms with van der Waals surface area (Å²) in [4.78, 5) is 17.5. The second-order valence-corrected chi connectivity index (χ2v) is 13.7. The second-order valence-electron chi connectivity index (χ2n) is 13.7. The fourth-order valence-corrected chi connectivity index (χ4v) is 7.71. The van der Waals surface area contributed by atoms with E-state index >= 15 is 0 Å². The van der Waals surface area contributed by atoms with E-state index < -0.39 is 0 Å². The van der Waals surface area contributed by atoms with Crippen LogP contribution in [0.5, 0.6) is 0 Å². The predicted molar refractivity (Wildman–Crippen MR) is 209 cm³/mol. The number of rotatable bonds is 3. The van der Waals surface area contributed by atoms with Crippen LogP contribution in [0.25, 0.3) is 77.6 Å². The fourth-order valence-electron chi connectivity index (χ4n) is 7.71. The van der Waals surface area contributed by atoms with Crippen molar-refractivity contribution in [2.24, 2.45) is 0 Å². The Hall–Kier alpha value is -5.61. The topological polar surface area (TPSA) is 60.3 Å². The molecule has 8 rings (SSSR count). The Morgan fingerprint density at radius 3 is 1.00 bits per heavy atom. The van der Waals surface area contributed by atoms with Crippen LogP contribution in [0.2, 0.25) is 0 Å². The molecule has 5 heterocycles. The van der Waals surface area contributed by atoms with E-state index in [1.165, 1.54) is 50.1 Å². The fraction of sp³-hybridized carbons (Fsp3) is 0.178. The van der Waals surface area contributed by atoms with Crippen molar-refractivity contribution in [3.63, 3.8) is 0 Å². The molecule has 0 aliphatic carbocycles. The molecule has 4 aromatic heterocycles. The number of aryl methyl sites for hydroxylation is 6. The van der Waals surface area contributed by atoms with Crippen molar-refractivity contribution < 1.29 is 0 Å². The van der Waals surface area contributed by atoms with E-state index in [0.717, 1.165) is 72.3 Å². The van der Waals surface area contributed by atoms with Crippen molar-refractivity contribution in [3.8, 4) is 33.4 Å². The first-order valence-electron chi connectivity index (χ1n) is 17.2. The number of fused-ring (bicyclic) bond motifs is 9. The minimum atomic E-state index is 1.01. The van der Waals surface area contributed by atoms with Gasteiger partial charge in [0.2, 0.25) is 0 Å². The van der Waals surface area contributed by atoms with Crippen LogP contribution < -0.4 is 0 Å². The molecule has 242 valence electrons. The highest BCUT2D eigenvalue weighted by Gasteiger charge is 2.25. The summed E-state index contributed by atoms with van der Waals surface area (Å²) < 4.78 is 0. The maximum absolute atomic E-state index is 5.54. The molecular formula is C45H42N4. The van der Waals surface area contributed by atoms with Crippen LogP contribution >= 0.6 is 0 Å². The van der Waals surface area contributed by atoms with Gasteiger partial charge >= 0.3 is 0 Å². The van der Waals surface area contributed by atoms with E-state index in [1.54, 1.807) is 0 Å². The van der Waals surface area contributed by atoms with Gasteiger partial charge < -0.3 is 15.0 Å². The summed E-state index contributed by atoms with van der Waals surface area (Å²) in [6, 6.07) is 32.3. The van der Waals surface area contributed by atoms with Crippen LogP contribution in [0, 0.1) is 41.5 Å². The highest BCUT2D eigenvalue weighted by atomic mass is 14.8. The lowest BCUT2D eigenvalue weighted by Crippen LogP contribution is -1.89. The van der Waals surface area contributed by atoms with E-state index in [1.807, 2.05) is 0 Å². The molecule has 3 aromatic carbocycles. The normalized spacial score (nSPS) is 12.4. The number of benzene rings is 3. The summed E-state index contributed by atoms with van der Waals surface area (Å²) >= 11 is 0. The lowest BCUT2D eigenvalue weighted by Gasteiger charge is -2.08. The molecule has 0 saturated heterocycles. The maximum atomic E-state index is 5.54. The van der Waals surface area contributed by atoms with Gasteiger partial charge in [-0.1, -0.05) is 91.0 Å². The van der Waals surface area contributed by atoms with E-state index in [4.69, 9.17) is 4.98 Å². The van der Waals surface area contributed by atoms with Crippen molar-refractivity contribution in [1.29, 1.82) is 0 Å². The number of allylic oxidation sites excluding steroid dienone is 2. The van der Waals surface area contributed by atoms with Gasteiger partial charge in [-0.05, 0) is 117 Å². The molecule has 0 atom stereocenters. The third-order valence-electron chi connectivity index (χ3n) is 11.1. The Morgan fingerprint density at radius 1 is 0.327 bits per heavy atom. The molecule has 4 heteroatoms. The summed E-state index contributed by atoms with van der Waals surface area (Å²) in [5.41, 5.74) is 25.4. The molecular weight excluding hydrogens is 597 g/mol. The molecule has 0 unspecified atom stereocenters. The lowest BCUT2D eigenvalue weighted by molar-refractivity contribution is 1.29. The van der Waals surface area contributed by atoms with Crippen molar-refractivity contribution in [2.45, 2.75) is 55.4 Å². The zero-order valence-electron chi connectivity index (χ0n) is 29.6. The van der Waals surface area contributed by atoms with Crippen LogP contribution in [0.15, 0.2) is 91.0 Å². The molecule has 3 N–H and O–H groups in total. The molecule has 1 aliphatic rings. The first-order valence-corrected chi connectivity index (χ1v) is 17.2. The SMILES string of the molecule is CC1=C(C)c2nc1c(-c1ccccc1)c1[nH]c(c(C)c1C)c(-c1ccccc1)c1[nH]c(c(C)c1C)c(-c1ccccc1)c1[nH]c2c(C)c1C. The van der Waals surface area contributed by atoms with Crippen molar-refractivity contribution in [2.75, 3.05) is 0 Å². The number of hydrogen-bond acceptors (Lipinski definition) is 1. The van der Waals surface area contributed by atoms with Crippen LogP contribution in [0.4, 0.5) is 0 Å². The van der Waals surface area contributed by atoms with Gasteiger partial charge in [-0.15, -0.1) is 0 Å².